The number of nitrogens with one attached hydrogen (secondary N) is 2. The van der Waals surface area contributed by atoms with Gasteiger partial charge in [0.15, 0.2) is 0 Å². The quantitative estimate of drug-likeness (QED) is 0.652. The van der Waals surface area contributed by atoms with Crippen LogP contribution in [0.1, 0.15) is 12.6 Å². The Morgan fingerprint density at radius 1 is 1.11 bits per heavy atom. The number of hydrogen-bond donors (Lipinski definition) is 2. The Balaban J connectivity index is 1.68. The molecule has 0 aliphatic heterocycles. The number of amides is 2. The third kappa shape index (κ3) is 4.39. The summed E-state index contributed by atoms with van der Waals surface area (Å²) in [6, 6.07) is 11.1. The number of pyridine rings is 1. The van der Waals surface area contributed by atoms with E-state index in [0.717, 1.165) is 18.3 Å². The van der Waals surface area contributed by atoms with E-state index in [0.29, 0.717) is 5.69 Å². The molecule has 138 valence electrons. The highest BCUT2D eigenvalue weighted by Gasteiger charge is 2.15. The van der Waals surface area contributed by atoms with Gasteiger partial charge < -0.3 is 9.72 Å². The Bertz CT molecular complexity index is 1130. The minimum Gasteiger partial charge on any atom is -0.323 e. The van der Waals surface area contributed by atoms with Crippen LogP contribution in [0.3, 0.4) is 0 Å². The van der Waals surface area contributed by atoms with Crippen molar-refractivity contribution in [2.24, 2.45) is 0 Å². The average molecular weight is 384 g/mol. The summed E-state index contributed by atoms with van der Waals surface area (Å²) in [6.07, 6.45) is 6.48. The van der Waals surface area contributed by atoms with Crippen molar-refractivity contribution in [3.63, 3.8) is 0 Å². The highest BCUT2D eigenvalue weighted by atomic mass is 32.2. The lowest BCUT2D eigenvalue weighted by Crippen LogP contribution is -2.28. The molecular weight excluding hydrogens is 368 g/mol. The van der Waals surface area contributed by atoms with Crippen LogP contribution in [0.4, 0.5) is 5.69 Å². The van der Waals surface area contributed by atoms with Gasteiger partial charge in [-0.2, -0.15) is 0 Å². The van der Waals surface area contributed by atoms with E-state index in [-0.39, 0.29) is 10.8 Å². The number of carbonyl (C=O) groups is 2. The van der Waals surface area contributed by atoms with Gasteiger partial charge >= 0.3 is 0 Å². The zero-order chi connectivity index (χ0) is 19.4. The Morgan fingerprint density at radius 3 is 2.56 bits per heavy atom. The predicted octanol–water partition coefficient (Wildman–Crippen LogP) is 1.81. The maximum Gasteiger partial charge on any atom is 0.264 e. The molecule has 0 aliphatic rings. The molecule has 0 unspecified atom stereocenters. The molecule has 2 heterocycles. The monoisotopic (exact) mass is 384 g/mol. The molecule has 3 aromatic rings. The van der Waals surface area contributed by atoms with Crippen LogP contribution >= 0.6 is 0 Å². The second-order valence-electron chi connectivity index (χ2n) is 5.62. The molecule has 2 aromatic heterocycles. The van der Waals surface area contributed by atoms with Crippen LogP contribution in [-0.2, 0) is 19.6 Å². The molecule has 27 heavy (non-hydrogen) atoms. The van der Waals surface area contributed by atoms with E-state index in [2.05, 4.69) is 10.3 Å². The van der Waals surface area contributed by atoms with Crippen LogP contribution < -0.4 is 10.0 Å². The third-order valence-corrected chi connectivity index (χ3v) is 5.01. The summed E-state index contributed by atoms with van der Waals surface area (Å²) in [7, 11) is -3.90. The third-order valence-electron chi connectivity index (χ3n) is 3.56. The van der Waals surface area contributed by atoms with Gasteiger partial charge in [-0.15, -0.1) is 0 Å². The van der Waals surface area contributed by atoms with E-state index in [1.165, 1.54) is 30.3 Å². The molecule has 9 heteroatoms. The molecule has 0 saturated heterocycles. The molecule has 0 spiro atoms. The maximum atomic E-state index is 12.1. The summed E-state index contributed by atoms with van der Waals surface area (Å²) < 4.78 is 27.5. The lowest BCUT2D eigenvalue weighted by atomic mass is 10.3. The lowest BCUT2D eigenvalue weighted by Gasteiger charge is -2.06. The first kappa shape index (κ1) is 18.3. The largest absolute Gasteiger partial charge is 0.323 e. The molecule has 1 aromatic carbocycles. The maximum absolute atomic E-state index is 12.1. The van der Waals surface area contributed by atoms with E-state index in [1.54, 1.807) is 12.3 Å². The summed E-state index contributed by atoms with van der Waals surface area (Å²) >= 11 is 0. The molecule has 8 nitrogen and oxygen atoms in total. The van der Waals surface area contributed by atoms with Crippen LogP contribution in [0.5, 0.6) is 0 Å². The summed E-state index contributed by atoms with van der Waals surface area (Å²) in [5.41, 5.74) is 1.94. The first-order valence-corrected chi connectivity index (χ1v) is 9.38. The summed E-state index contributed by atoms with van der Waals surface area (Å²) in [5, 5.41) is 2.63. The minimum absolute atomic E-state index is 0.0722. The lowest BCUT2D eigenvalue weighted by molar-refractivity contribution is -0.117. The summed E-state index contributed by atoms with van der Waals surface area (Å²) in [6.45, 7) is 1.11. The van der Waals surface area contributed by atoms with E-state index >= 15 is 0 Å². The number of hydrogen-bond acceptors (Lipinski definition) is 5. The molecular formula is C18H16N4O4S. The number of carbonyl (C=O) groups excluding carboxylic acids is 2. The van der Waals surface area contributed by atoms with Gasteiger partial charge in [-0.05, 0) is 42.5 Å². The molecule has 2 N–H and O–H groups in total. The number of anilines is 1. The second kappa shape index (κ2) is 7.42. The summed E-state index contributed by atoms with van der Waals surface area (Å²) in [5.74, 6) is -1.05. The Labute approximate surface area is 155 Å². The predicted molar refractivity (Wildman–Crippen MR) is 100 cm³/mol. The van der Waals surface area contributed by atoms with Gasteiger partial charge in [0, 0.05) is 24.9 Å². The van der Waals surface area contributed by atoms with Gasteiger partial charge in [-0.1, -0.05) is 6.07 Å². The Hall–Kier alpha value is -3.46. The zero-order valence-electron chi connectivity index (χ0n) is 14.3. The van der Waals surface area contributed by atoms with Crippen molar-refractivity contribution < 1.29 is 18.0 Å². The number of fused-ring (bicyclic) bond motifs is 1. The van der Waals surface area contributed by atoms with Gasteiger partial charge in [0.1, 0.15) is 5.65 Å². The first-order valence-electron chi connectivity index (χ1n) is 7.90. The standard InChI is InChI=1S/C18H16N4O4S/c1-13(23)21-27(25,26)16-8-5-14(6-9-16)20-18(24)10-7-15-12-19-17-4-2-3-11-22(15)17/h2-12H,1H3,(H,20,24)(H,21,23)/b10-7+. The zero-order valence-corrected chi connectivity index (χ0v) is 15.1. The van der Waals surface area contributed by atoms with E-state index < -0.39 is 15.9 Å². The molecule has 0 bridgehead atoms. The normalized spacial score (nSPS) is 11.6. The fourth-order valence-electron chi connectivity index (χ4n) is 2.39. The van der Waals surface area contributed by atoms with E-state index in [4.69, 9.17) is 0 Å². The number of rotatable bonds is 5. The molecule has 0 radical (unpaired) electrons. The van der Waals surface area contributed by atoms with E-state index in [1.807, 2.05) is 33.5 Å². The van der Waals surface area contributed by atoms with Crippen molar-refractivity contribution in [3.8, 4) is 0 Å². The Kier molecular flexibility index (Phi) is 5.04. The van der Waals surface area contributed by atoms with Gasteiger partial charge in [0.25, 0.3) is 10.0 Å². The molecule has 0 aliphatic carbocycles. The summed E-state index contributed by atoms with van der Waals surface area (Å²) in [4.78, 5) is 27.2. The van der Waals surface area contributed by atoms with Crippen LogP contribution in [-0.4, -0.2) is 29.6 Å². The minimum atomic E-state index is -3.90. The van der Waals surface area contributed by atoms with Crippen LogP contribution in [0, 0.1) is 0 Å². The molecule has 2 amide bonds. The van der Waals surface area contributed by atoms with Gasteiger partial charge in [0.05, 0.1) is 16.8 Å². The fraction of sp³-hybridized carbons (Fsp3) is 0.0556. The molecule has 0 fully saturated rings. The SMILES string of the molecule is CC(=O)NS(=O)(=O)c1ccc(NC(=O)/C=C/c2cnc3ccccn23)cc1. The molecule has 0 saturated carbocycles. The number of nitrogens with zero attached hydrogens (tertiary/aromatic N) is 2. The fourth-order valence-corrected chi connectivity index (χ4v) is 3.38. The van der Waals surface area contributed by atoms with Crippen LogP contribution in [0.25, 0.3) is 11.7 Å². The number of aromatic nitrogens is 2. The molecule has 0 atom stereocenters. The van der Waals surface area contributed by atoms with Gasteiger partial charge in [-0.25, -0.2) is 18.1 Å². The first-order chi connectivity index (χ1) is 12.8. The van der Waals surface area contributed by atoms with Crippen molar-refractivity contribution in [2.75, 3.05) is 5.32 Å². The average Bonchev–Trinajstić information content (AvgIpc) is 3.02. The number of benzene rings is 1. The van der Waals surface area contributed by atoms with Gasteiger partial charge in [-0.3, -0.25) is 9.59 Å². The van der Waals surface area contributed by atoms with Crippen molar-refractivity contribution in [2.45, 2.75) is 11.8 Å². The van der Waals surface area contributed by atoms with E-state index in [9.17, 15) is 18.0 Å². The van der Waals surface area contributed by atoms with Crippen LogP contribution in [0.2, 0.25) is 0 Å². The number of imidazole rings is 1. The van der Waals surface area contributed by atoms with Crippen LogP contribution in [0.15, 0.2) is 65.8 Å². The smallest absolute Gasteiger partial charge is 0.264 e. The van der Waals surface area contributed by atoms with Gasteiger partial charge in [0.2, 0.25) is 11.8 Å². The Morgan fingerprint density at radius 2 is 1.85 bits per heavy atom. The van der Waals surface area contributed by atoms with Crippen molar-refractivity contribution in [1.29, 1.82) is 0 Å². The van der Waals surface area contributed by atoms with Crippen molar-refractivity contribution >= 4 is 39.2 Å². The van der Waals surface area contributed by atoms with Crippen molar-refractivity contribution in [1.82, 2.24) is 14.1 Å². The highest BCUT2D eigenvalue weighted by molar-refractivity contribution is 7.90. The second-order valence-corrected chi connectivity index (χ2v) is 7.30. The molecule has 3 rings (SSSR count). The van der Waals surface area contributed by atoms with Crippen molar-refractivity contribution in [3.05, 3.63) is 66.6 Å². The highest BCUT2D eigenvalue weighted by Crippen LogP contribution is 2.14. The number of sulfonamides is 1. The topological polar surface area (TPSA) is 110 Å².